The van der Waals surface area contributed by atoms with Crippen LogP contribution in [0.5, 0.6) is 0 Å². The first-order valence-corrected chi connectivity index (χ1v) is 14.0. The summed E-state index contributed by atoms with van der Waals surface area (Å²) in [4.78, 5) is 28.4. The summed E-state index contributed by atoms with van der Waals surface area (Å²) < 4.78 is 6.00. The zero-order valence-electron chi connectivity index (χ0n) is 23.2. The summed E-state index contributed by atoms with van der Waals surface area (Å²) in [6, 6.07) is 22.3. The van der Waals surface area contributed by atoms with Gasteiger partial charge < -0.3 is 20.7 Å². The lowest BCUT2D eigenvalue weighted by Gasteiger charge is -2.25. The van der Waals surface area contributed by atoms with Gasteiger partial charge >= 0.3 is 5.97 Å². The molecule has 6 nitrogen and oxygen atoms in total. The van der Waals surface area contributed by atoms with Gasteiger partial charge in [-0.05, 0) is 73.2 Å². The van der Waals surface area contributed by atoms with Crippen molar-refractivity contribution >= 4 is 23.5 Å². The maximum absolute atomic E-state index is 13.4. The van der Waals surface area contributed by atoms with Crippen LogP contribution in [0.25, 0.3) is 0 Å². The molecule has 1 amide bonds. The van der Waals surface area contributed by atoms with Gasteiger partial charge in [0, 0.05) is 42.8 Å². The summed E-state index contributed by atoms with van der Waals surface area (Å²) in [7, 11) is 0. The van der Waals surface area contributed by atoms with Gasteiger partial charge in [0.2, 0.25) is 0 Å². The summed E-state index contributed by atoms with van der Waals surface area (Å²) in [6.07, 6.45) is 1.67. The number of nitrogens with one attached hydrogen (secondary N) is 1. The molecule has 39 heavy (non-hydrogen) atoms. The van der Waals surface area contributed by atoms with Gasteiger partial charge in [-0.2, -0.15) is 0 Å². The van der Waals surface area contributed by atoms with Crippen LogP contribution in [0.3, 0.4) is 0 Å². The zero-order chi connectivity index (χ0) is 28.2. The third kappa shape index (κ3) is 9.50. The smallest absolute Gasteiger partial charge is 0.338 e. The van der Waals surface area contributed by atoms with Gasteiger partial charge in [0.25, 0.3) is 5.91 Å². The lowest BCUT2D eigenvalue weighted by molar-refractivity contribution is 0.0238. The lowest BCUT2D eigenvalue weighted by Crippen LogP contribution is -2.46. The average Bonchev–Trinajstić information content (AvgIpc) is 2.93. The Balaban J connectivity index is 1.77. The number of hydrogen-bond acceptors (Lipinski definition) is 5. The first kappa shape index (κ1) is 30.4. The summed E-state index contributed by atoms with van der Waals surface area (Å²) in [5.74, 6) is -0.569. The number of amides is 1. The molecule has 0 radical (unpaired) electrons. The number of hydrogen-bond donors (Lipinski definition) is 2. The molecule has 0 spiro atoms. The Hall–Kier alpha value is -3.19. The topological polar surface area (TPSA) is 84.7 Å². The van der Waals surface area contributed by atoms with Gasteiger partial charge in [0.1, 0.15) is 6.10 Å². The van der Waals surface area contributed by atoms with Gasteiger partial charge in [-0.25, -0.2) is 4.79 Å². The predicted molar refractivity (Wildman–Crippen MR) is 158 cm³/mol. The Morgan fingerprint density at radius 2 is 1.56 bits per heavy atom. The molecule has 0 saturated heterocycles. The van der Waals surface area contributed by atoms with Gasteiger partial charge in [-0.15, -0.1) is 0 Å². The molecular formula is C32H40ClN3O3. The number of nitrogens with two attached hydrogens (primary N) is 1. The van der Waals surface area contributed by atoms with Crippen molar-refractivity contribution in [2.45, 2.75) is 58.7 Å². The Kier molecular flexibility index (Phi) is 12.0. The second kappa shape index (κ2) is 15.4. The van der Waals surface area contributed by atoms with Crippen LogP contribution in [0, 0.1) is 6.92 Å². The molecule has 3 aromatic rings. The third-order valence-electron chi connectivity index (χ3n) is 6.47. The van der Waals surface area contributed by atoms with E-state index in [0.29, 0.717) is 48.7 Å². The number of rotatable bonds is 14. The van der Waals surface area contributed by atoms with Crippen molar-refractivity contribution in [2.24, 2.45) is 5.73 Å². The maximum Gasteiger partial charge on any atom is 0.338 e. The molecule has 0 aromatic heterocycles. The van der Waals surface area contributed by atoms with E-state index in [9.17, 15) is 9.59 Å². The average molecular weight is 550 g/mol. The molecule has 208 valence electrons. The molecule has 3 N–H and O–H groups in total. The van der Waals surface area contributed by atoms with Gasteiger partial charge in [-0.3, -0.25) is 4.79 Å². The minimum Gasteiger partial charge on any atom is -0.456 e. The molecule has 7 heteroatoms. The molecule has 0 aliphatic heterocycles. The van der Waals surface area contributed by atoms with Crippen molar-refractivity contribution < 1.29 is 14.3 Å². The van der Waals surface area contributed by atoms with E-state index < -0.39 is 18.1 Å². The van der Waals surface area contributed by atoms with E-state index in [2.05, 4.69) is 5.32 Å². The Morgan fingerprint density at radius 1 is 0.923 bits per heavy atom. The molecule has 0 saturated carbocycles. The van der Waals surface area contributed by atoms with Crippen molar-refractivity contribution in [1.29, 1.82) is 0 Å². The SMILES string of the molecule is CCCN(CCC)C(=O)c1cc(C)cc(C(=O)O[C@H](CNCc2ccccc2)[C@@H](N)Cc2ccc(Cl)cc2)c1. The highest BCUT2D eigenvalue weighted by Gasteiger charge is 2.25. The number of carbonyl (C=O) groups is 2. The van der Waals surface area contributed by atoms with Gasteiger partial charge in [0.15, 0.2) is 0 Å². The molecule has 0 bridgehead atoms. The van der Waals surface area contributed by atoms with Crippen molar-refractivity contribution in [3.05, 3.63) is 106 Å². The number of ether oxygens (including phenoxy) is 1. The number of halogens is 1. The third-order valence-corrected chi connectivity index (χ3v) is 6.72. The van der Waals surface area contributed by atoms with E-state index in [1.807, 2.05) is 86.3 Å². The number of aryl methyl sites for hydroxylation is 1. The molecule has 0 aliphatic rings. The molecule has 0 aliphatic carbocycles. The number of benzene rings is 3. The molecule has 0 heterocycles. The molecular weight excluding hydrogens is 510 g/mol. The Bertz CT molecular complexity index is 1200. The molecule has 3 rings (SSSR count). The fraction of sp³-hybridized carbons (Fsp3) is 0.375. The quantitative estimate of drug-likeness (QED) is 0.248. The second-order valence-electron chi connectivity index (χ2n) is 9.93. The highest BCUT2D eigenvalue weighted by atomic mass is 35.5. The van der Waals surface area contributed by atoms with E-state index in [1.54, 1.807) is 12.1 Å². The standard InChI is InChI=1S/C32H40ClN3O3/c1-4-15-36(16-5-2)31(37)26-17-23(3)18-27(20-26)32(38)39-30(22-35-21-25-9-7-6-8-10-25)29(34)19-24-11-13-28(33)14-12-24/h6-14,17-18,20,29-30,35H,4-5,15-16,19,21-22,34H2,1-3H3/t29-,30+/m0/s1. The molecule has 0 fully saturated rings. The van der Waals surface area contributed by atoms with E-state index in [1.165, 1.54) is 0 Å². The zero-order valence-corrected chi connectivity index (χ0v) is 23.9. The van der Waals surface area contributed by atoms with Crippen molar-refractivity contribution in [1.82, 2.24) is 10.2 Å². The van der Waals surface area contributed by atoms with Crippen LogP contribution in [0.1, 0.15) is 64.1 Å². The first-order valence-electron chi connectivity index (χ1n) is 13.7. The minimum atomic E-state index is -0.590. The molecule has 2 atom stereocenters. The van der Waals surface area contributed by atoms with Crippen LogP contribution in [0.2, 0.25) is 5.02 Å². The summed E-state index contributed by atoms with van der Waals surface area (Å²) >= 11 is 6.04. The van der Waals surface area contributed by atoms with Crippen LogP contribution in [-0.4, -0.2) is 48.6 Å². The van der Waals surface area contributed by atoms with Crippen molar-refractivity contribution in [3.8, 4) is 0 Å². The van der Waals surface area contributed by atoms with Crippen LogP contribution in [-0.2, 0) is 17.7 Å². The lowest BCUT2D eigenvalue weighted by atomic mass is 10.0. The van der Waals surface area contributed by atoms with E-state index >= 15 is 0 Å². The Morgan fingerprint density at radius 3 is 2.21 bits per heavy atom. The van der Waals surface area contributed by atoms with E-state index in [0.717, 1.165) is 29.5 Å². The highest BCUT2D eigenvalue weighted by molar-refractivity contribution is 6.30. The largest absolute Gasteiger partial charge is 0.456 e. The fourth-order valence-electron chi connectivity index (χ4n) is 4.53. The second-order valence-corrected chi connectivity index (χ2v) is 10.4. The maximum atomic E-state index is 13.4. The number of nitrogens with zero attached hydrogens (tertiary/aromatic N) is 1. The normalized spacial score (nSPS) is 12.5. The van der Waals surface area contributed by atoms with Gasteiger partial charge in [-0.1, -0.05) is 67.9 Å². The summed E-state index contributed by atoms with van der Waals surface area (Å²) in [5.41, 5.74) is 10.4. The van der Waals surface area contributed by atoms with E-state index in [-0.39, 0.29) is 5.91 Å². The summed E-state index contributed by atoms with van der Waals surface area (Å²) in [6.45, 7) is 8.33. The predicted octanol–water partition coefficient (Wildman–Crippen LogP) is 5.80. The van der Waals surface area contributed by atoms with E-state index in [4.69, 9.17) is 22.1 Å². The molecule has 3 aromatic carbocycles. The monoisotopic (exact) mass is 549 g/mol. The molecule has 0 unspecified atom stereocenters. The fourth-order valence-corrected chi connectivity index (χ4v) is 4.65. The van der Waals surface area contributed by atoms with Gasteiger partial charge in [0.05, 0.1) is 5.56 Å². The van der Waals surface area contributed by atoms with Crippen molar-refractivity contribution in [2.75, 3.05) is 19.6 Å². The van der Waals surface area contributed by atoms with Crippen LogP contribution in [0.15, 0.2) is 72.8 Å². The first-order chi connectivity index (χ1) is 18.8. The number of esters is 1. The van der Waals surface area contributed by atoms with Crippen LogP contribution >= 0.6 is 11.6 Å². The Labute approximate surface area is 237 Å². The van der Waals surface area contributed by atoms with Crippen molar-refractivity contribution in [3.63, 3.8) is 0 Å². The van der Waals surface area contributed by atoms with Crippen LogP contribution < -0.4 is 11.1 Å². The van der Waals surface area contributed by atoms with Crippen LogP contribution in [0.4, 0.5) is 0 Å². The number of carbonyl (C=O) groups excluding carboxylic acids is 2. The minimum absolute atomic E-state index is 0.0723. The summed E-state index contributed by atoms with van der Waals surface area (Å²) in [5, 5.41) is 4.03. The highest BCUT2D eigenvalue weighted by Crippen LogP contribution is 2.17.